The number of fused-ring (bicyclic) bond motifs is 1. The molecule has 0 N–H and O–H groups in total. The maximum atomic E-state index is 13.6. The van der Waals surface area contributed by atoms with E-state index in [1.165, 1.54) is 30.2 Å². The number of nitrogens with zero attached hydrogens (tertiary/aromatic N) is 4. The van der Waals surface area contributed by atoms with Gasteiger partial charge in [0.1, 0.15) is 5.82 Å². The van der Waals surface area contributed by atoms with Crippen molar-refractivity contribution in [3.05, 3.63) is 65.0 Å². The molecule has 1 aliphatic carbocycles. The molecule has 8 heteroatoms. The van der Waals surface area contributed by atoms with E-state index in [2.05, 4.69) is 33.8 Å². The molecule has 1 unspecified atom stereocenters. The van der Waals surface area contributed by atoms with Gasteiger partial charge in [-0.15, -0.1) is 10.2 Å². The van der Waals surface area contributed by atoms with Gasteiger partial charge in [0.25, 0.3) is 0 Å². The average molecular weight is 479 g/mol. The predicted octanol–water partition coefficient (Wildman–Crippen LogP) is 4.46. The summed E-state index contributed by atoms with van der Waals surface area (Å²) in [6.07, 6.45) is 3.14. The molecule has 0 bridgehead atoms. The molecule has 1 aliphatic heterocycles. The number of carbonyl (C=O) groups is 1. The molecule has 2 heterocycles. The summed E-state index contributed by atoms with van der Waals surface area (Å²) in [5.41, 5.74) is 3.35. The average Bonchev–Trinajstić information content (AvgIpc) is 3.65. The van der Waals surface area contributed by atoms with Crippen LogP contribution in [-0.4, -0.2) is 52.1 Å². The van der Waals surface area contributed by atoms with Crippen LogP contribution in [0.5, 0.6) is 11.5 Å². The first kappa shape index (κ1) is 22.8. The molecule has 0 saturated heterocycles. The first-order chi connectivity index (χ1) is 16.6. The summed E-state index contributed by atoms with van der Waals surface area (Å²) >= 11 is 1.49. The molecule has 178 valence electrons. The Kier molecular flexibility index (Phi) is 6.50. The second-order valence-electron chi connectivity index (χ2n) is 8.70. The molecular formula is C26H30N4O3S. The lowest BCUT2D eigenvalue weighted by molar-refractivity contribution is -0.130. The van der Waals surface area contributed by atoms with Gasteiger partial charge in [-0.2, -0.15) is 0 Å². The maximum absolute atomic E-state index is 13.6. The van der Waals surface area contributed by atoms with Gasteiger partial charge in [-0.1, -0.05) is 42.1 Å². The summed E-state index contributed by atoms with van der Waals surface area (Å²) < 4.78 is 13.3. The fourth-order valence-electron chi connectivity index (χ4n) is 4.77. The number of hydrogen-bond donors (Lipinski definition) is 0. The highest BCUT2D eigenvalue weighted by Gasteiger charge is 2.34. The van der Waals surface area contributed by atoms with Crippen molar-refractivity contribution in [3.63, 3.8) is 0 Å². The number of rotatable bonds is 8. The summed E-state index contributed by atoms with van der Waals surface area (Å²) in [5, 5.41) is 9.63. The zero-order chi connectivity index (χ0) is 23.7. The van der Waals surface area contributed by atoms with E-state index in [1.807, 2.05) is 35.2 Å². The molecule has 34 heavy (non-hydrogen) atoms. The number of thioether (sulfide) groups is 1. The summed E-state index contributed by atoms with van der Waals surface area (Å²) in [4.78, 5) is 15.6. The van der Waals surface area contributed by atoms with Gasteiger partial charge in [0.05, 0.1) is 26.0 Å². The summed E-state index contributed by atoms with van der Waals surface area (Å²) in [6, 6.07) is 14.1. The number of aromatic nitrogens is 3. The van der Waals surface area contributed by atoms with Crippen LogP contribution in [0.25, 0.3) is 0 Å². The smallest absolute Gasteiger partial charge is 0.233 e. The molecule has 2 aliphatic rings. The van der Waals surface area contributed by atoms with Gasteiger partial charge >= 0.3 is 0 Å². The third-order valence-electron chi connectivity index (χ3n) is 6.64. The SMILES string of the molecule is CCn1c(SCC(=O)N2CCc3cc(OC)c(OC)cc3C2c2ccccc2)nnc1C1CC1. The highest BCUT2D eigenvalue weighted by Crippen LogP contribution is 2.42. The number of ether oxygens (including phenoxy) is 2. The van der Waals surface area contributed by atoms with Gasteiger partial charge in [-0.05, 0) is 55.0 Å². The second-order valence-corrected chi connectivity index (χ2v) is 9.65. The topological polar surface area (TPSA) is 69.5 Å². The zero-order valence-electron chi connectivity index (χ0n) is 19.9. The monoisotopic (exact) mass is 478 g/mol. The van der Waals surface area contributed by atoms with Gasteiger partial charge in [-0.3, -0.25) is 4.79 Å². The van der Waals surface area contributed by atoms with Crippen molar-refractivity contribution < 1.29 is 14.3 Å². The lowest BCUT2D eigenvalue weighted by Gasteiger charge is -2.38. The molecule has 0 radical (unpaired) electrons. The molecule has 1 aromatic heterocycles. The fraction of sp³-hybridized carbons (Fsp3) is 0.423. The maximum Gasteiger partial charge on any atom is 0.233 e. The third kappa shape index (κ3) is 4.27. The molecule has 2 aromatic carbocycles. The molecule has 1 saturated carbocycles. The molecule has 7 nitrogen and oxygen atoms in total. The number of methoxy groups -OCH3 is 2. The van der Waals surface area contributed by atoms with Crippen molar-refractivity contribution in [3.8, 4) is 11.5 Å². The Morgan fingerprint density at radius 3 is 2.50 bits per heavy atom. The Hall–Kier alpha value is -3.00. The van der Waals surface area contributed by atoms with E-state index >= 15 is 0 Å². The van der Waals surface area contributed by atoms with Crippen molar-refractivity contribution in [1.29, 1.82) is 0 Å². The van der Waals surface area contributed by atoms with Crippen LogP contribution in [-0.2, 0) is 17.8 Å². The van der Waals surface area contributed by atoms with Crippen LogP contribution in [0, 0.1) is 0 Å². The van der Waals surface area contributed by atoms with E-state index in [0.717, 1.165) is 35.1 Å². The predicted molar refractivity (Wildman–Crippen MR) is 132 cm³/mol. The Morgan fingerprint density at radius 1 is 1.09 bits per heavy atom. The Morgan fingerprint density at radius 2 is 1.82 bits per heavy atom. The van der Waals surface area contributed by atoms with E-state index in [9.17, 15) is 4.79 Å². The van der Waals surface area contributed by atoms with Crippen LogP contribution in [0.1, 0.15) is 54.2 Å². The Balaban J connectivity index is 1.43. The van der Waals surface area contributed by atoms with E-state index in [1.54, 1.807) is 14.2 Å². The van der Waals surface area contributed by atoms with Crippen molar-refractivity contribution >= 4 is 17.7 Å². The van der Waals surface area contributed by atoms with E-state index < -0.39 is 0 Å². The van der Waals surface area contributed by atoms with Crippen LogP contribution < -0.4 is 9.47 Å². The third-order valence-corrected chi connectivity index (χ3v) is 7.59. The molecule has 5 rings (SSSR count). The van der Waals surface area contributed by atoms with Crippen molar-refractivity contribution in [1.82, 2.24) is 19.7 Å². The zero-order valence-corrected chi connectivity index (χ0v) is 20.7. The van der Waals surface area contributed by atoms with Gasteiger partial charge in [0, 0.05) is 19.0 Å². The van der Waals surface area contributed by atoms with Crippen LogP contribution in [0.3, 0.4) is 0 Å². The molecule has 1 atom stereocenters. The van der Waals surface area contributed by atoms with Crippen LogP contribution in [0.15, 0.2) is 47.6 Å². The van der Waals surface area contributed by atoms with Crippen LogP contribution in [0.4, 0.5) is 0 Å². The van der Waals surface area contributed by atoms with Gasteiger partial charge in [-0.25, -0.2) is 0 Å². The van der Waals surface area contributed by atoms with Gasteiger partial charge in [0.15, 0.2) is 16.7 Å². The van der Waals surface area contributed by atoms with Gasteiger partial charge < -0.3 is 18.9 Å². The number of amides is 1. The van der Waals surface area contributed by atoms with E-state index in [0.29, 0.717) is 29.7 Å². The Labute approximate surface area is 204 Å². The lowest BCUT2D eigenvalue weighted by Crippen LogP contribution is -2.41. The highest BCUT2D eigenvalue weighted by molar-refractivity contribution is 7.99. The first-order valence-corrected chi connectivity index (χ1v) is 12.8. The molecule has 0 spiro atoms. The van der Waals surface area contributed by atoms with Crippen molar-refractivity contribution in [2.24, 2.45) is 0 Å². The second kappa shape index (κ2) is 9.70. The summed E-state index contributed by atoms with van der Waals surface area (Å²) in [7, 11) is 3.29. The van der Waals surface area contributed by atoms with E-state index in [4.69, 9.17) is 9.47 Å². The van der Waals surface area contributed by atoms with Crippen LogP contribution >= 0.6 is 11.8 Å². The summed E-state index contributed by atoms with van der Waals surface area (Å²) in [6.45, 7) is 3.58. The normalized spacial score (nSPS) is 17.4. The lowest BCUT2D eigenvalue weighted by atomic mass is 9.87. The highest BCUT2D eigenvalue weighted by atomic mass is 32.2. The quantitative estimate of drug-likeness (QED) is 0.445. The largest absolute Gasteiger partial charge is 0.493 e. The minimum absolute atomic E-state index is 0.0953. The fourth-order valence-corrected chi connectivity index (χ4v) is 5.66. The minimum atomic E-state index is -0.177. The Bertz CT molecular complexity index is 1180. The van der Waals surface area contributed by atoms with Crippen LogP contribution in [0.2, 0.25) is 0 Å². The molecule has 1 amide bonds. The number of carbonyl (C=O) groups excluding carboxylic acids is 1. The molecule has 3 aromatic rings. The number of benzene rings is 2. The molecular weight excluding hydrogens is 448 g/mol. The van der Waals surface area contributed by atoms with Gasteiger partial charge in [0.2, 0.25) is 5.91 Å². The first-order valence-electron chi connectivity index (χ1n) is 11.8. The number of hydrogen-bond acceptors (Lipinski definition) is 6. The minimum Gasteiger partial charge on any atom is -0.493 e. The van der Waals surface area contributed by atoms with Crippen molar-refractivity contribution in [2.45, 2.75) is 49.8 Å². The van der Waals surface area contributed by atoms with Crippen molar-refractivity contribution in [2.75, 3.05) is 26.5 Å². The molecule has 1 fully saturated rings. The van der Waals surface area contributed by atoms with E-state index in [-0.39, 0.29) is 11.9 Å². The summed E-state index contributed by atoms with van der Waals surface area (Å²) in [5.74, 6) is 3.41. The standard InChI is InChI=1S/C26H30N4O3S/c1-4-29-25(18-10-11-18)27-28-26(29)34-16-23(31)30-13-12-19-14-21(32-2)22(33-3)15-20(19)24(30)17-8-6-5-7-9-17/h5-9,14-15,18,24H,4,10-13,16H2,1-3H3.